The number of aromatic nitrogens is 1. The van der Waals surface area contributed by atoms with Gasteiger partial charge >= 0.3 is 11.8 Å². The van der Waals surface area contributed by atoms with Crippen LogP contribution in [-0.2, 0) is 26.4 Å². The fraction of sp³-hybridized carbons (Fsp3) is 0.314. The molecule has 236 valence electrons. The van der Waals surface area contributed by atoms with E-state index in [0.29, 0.717) is 29.4 Å². The average molecular weight is 639 g/mol. The molecule has 2 saturated carbocycles. The summed E-state index contributed by atoms with van der Waals surface area (Å²) in [4.78, 5) is 33.6. The minimum Gasteiger partial charge on any atom is -0.404 e. The minimum atomic E-state index is -0.752. The molecule has 2 heterocycles. The number of aliphatic imine (C=N–C) groups is 1. The lowest BCUT2D eigenvalue weighted by molar-refractivity contribution is -0.139. The Hall–Kier alpha value is -4.79. The molecule has 2 aliphatic carbocycles. The van der Waals surface area contributed by atoms with Crippen LogP contribution in [0.5, 0.6) is 0 Å². The van der Waals surface area contributed by atoms with Crippen LogP contribution in [0.2, 0.25) is 0 Å². The van der Waals surface area contributed by atoms with Crippen LogP contribution >= 0.6 is 11.3 Å². The maximum absolute atomic E-state index is 15.1. The van der Waals surface area contributed by atoms with Crippen molar-refractivity contribution in [3.05, 3.63) is 98.9 Å². The number of hydrogen-bond acceptors (Lipinski definition) is 8. The SMILES string of the molecule is N/C=C(\C=NC1COC1)c1cc(F)cc(C2(NC(=C3CCC3)c3ccccc3CNC(=O)C(=O)NCC#Cc3nccs3)CC2)c1. The van der Waals surface area contributed by atoms with Crippen molar-refractivity contribution in [3.8, 4) is 11.8 Å². The number of carbonyl (C=O) groups excluding carboxylic acids is 2. The second-order valence-corrected chi connectivity index (χ2v) is 12.4. The molecule has 0 radical (unpaired) electrons. The third-order valence-corrected chi connectivity index (χ3v) is 9.02. The van der Waals surface area contributed by atoms with Crippen molar-refractivity contribution in [2.75, 3.05) is 19.8 Å². The monoisotopic (exact) mass is 638 g/mol. The fourth-order valence-electron chi connectivity index (χ4n) is 5.33. The minimum absolute atomic E-state index is 0.0390. The van der Waals surface area contributed by atoms with E-state index in [2.05, 4.69) is 37.8 Å². The van der Waals surface area contributed by atoms with Crippen molar-refractivity contribution in [2.45, 2.75) is 50.2 Å². The molecule has 9 nitrogen and oxygen atoms in total. The summed E-state index contributed by atoms with van der Waals surface area (Å²) in [6.45, 7) is 1.36. The van der Waals surface area contributed by atoms with Crippen LogP contribution in [-0.4, -0.2) is 48.8 Å². The molecule has 0 spiro atoms. The molecule has 2 aromatic carbocycles. The molecule has 11 heteroatoms. The summed E-state index contributed by atoms with van der Waals surface area (Å²) >= 11 is 1.40. The summed E-state index contributed by atoms with van der Waals surface area (Å²) in [5.41, 5.74) is 11.8. The van der Waals surface area contributed by atoms with E-state index in [9.17, 15) is 9.59 Å². The highest BCUT2D eigenvalue weighted by Crippen LogP contribution is 2.49. The Labute approximate surface area is 271 Å². The van der Waals surface area contributed by atoms with Crippen LogP contribution < -0.4 is 21.7 Å². The predicted molar refractivity (Wildman–Crippen MR) is 177 cm³/mol. The second kappa shape index (κ2) is 14.1. The molecule has 1 aliphatic heterocycles. The number of benzene rings is 2. The van der Waals surface area contributed by atoms with Gasteiger partial charge in [0.05, 0.1) is 31.3 Å². The fourth-order valence-corrected chi connectivity index (χ4v) is 5.83. The van der Waals surface area contributed by atoms with Crippen molar-refractivity contribution in [2.24, 2.45) is 10.7 Å². The summed E-state index contributed by atoms with van der Waals surface area (Å²) in [5, 5.41) is 11.6. The highest BCUT2D eigenvalue weighted by molar-refractivity contribution is 7.10. The summed E-state index contributed by atoms with van der Waals surface area (Å²) in [7, 11) is 0. The van der Waals surface area contributed by atoms with Crippen molar-refractivity contribution >= 4 is 40.6 Å². The maximum Gasteiger partial charge on any atom is 0.310 e. The van der Waals surface area contributed by atoms with E-state index < -0.39 is 17.4 Å². The Morgan fingerprint density at radius 1 is 1.15 bits per heavy atom. The number of allylic oxidation sites excluding steroid dienone is 2. The summed E-state index contributed by atoms with van der Waals surface area (Å²) in [6.07, 6.45) is 9.50. The summed E-state index contributed by atoms with van der Waals surface area (Å²) in [5.74, 6) is 3.81. The number of carbonyl (C=O) groups is 2. The van der Waals surface area contributed by atoms with Gasteiger partial charge in [-0.25, -0.2) is 9.37 Å². The number of nitrogens with two attached hydrogens (primary N) is 1. The number of rotatable bonds is 10. The van der Waals surface area contributed by atoms with E-state index in [1.54, 1.807) is 18.5 Å². The molecular weight excluding hydrogens is 603 g/mol. The predicted octanol–water partition coefficient (Wildman–Crippen LogP) is 4.01. The zero-order chi connectivity index (χ0) is 31.9. The Morgan fingerprint density at radius 2 is 1.96 bits per heavy atom. The van der Waals surface area contributed by atoms with Gasteiger partial charge in [0.25, 0.3) is 0 Å². The highest BCUT2D eigenvalue weighted by atomic mass is 32.1. The summed E-state index contributed by atoms with van der Waals surface area (Å²) < 4.78 is 20.3. The molecule has 0 atom stereocenters. The summed E-state index contributed by atoms with van der Waals surface area (Å²) in [6, 6.07) is 13.0. The van der Waals surface area contributed by atoms with E-state index in [-0.39, 0.29) is 24.9 Å². The second-order valence-electron chi connectivity index (χ2n) is 11.5. The molecule has 5 N–H and O–H groups in total. The van der Waals surface area contributed by atoms with Gasteiger partial charge in [0, 0.05) is 47.4 Å². The normalized spacial score (nSPS) is 16.9. The van der Waals surface area contributed by atoms with Crippen LogP contribution in [0.15, 0.2) is 70.8 Å². The zero-order valence-corrected chi connectivity index (χ0v) is 26.1. The zero-order valence-electron chi connectivity index (χ0n) is 25.3. The Bertz CT molecular complexity index is 1760. The van der Waals surface area contributed by atoms with Gasteiger partial charge in [-0.1, -0.05) is 30.2 Å². The van der Waals surface area contributed by atoms with Gasteiger partial charge in [0.1, 0.15) is 5.82 Å². The van der Waals surface area contributed by atoms with E-state index in [4.69, 9.17) is 10.5 Å². The smallest absolute Gasteiger partial charge is 0.310 e. The number of nitrogens with one attached hydrogen (secondary N) is 3. The average Bonchev–Trinajstić information content (AvgIpc) is 3.61. The number of ether oxygens (including phenoxy) is 1. The molecule has 3 aliphatic rings. The first-order valence-corrected chi connectivity index (χ1v) is 16.2. The van der Waals surface area contributed by atoms with E-state index in [1.807, 2.05) is 35.7 Å². The third kappa shape index (κ3) is 7.36. The third-order valence-electron chi connectivity index (χ3n) is 8.33. The Kier molecular flexibility index (Phi) is 9.57. The number of hydrogen-bond donors (Lipinski definition) is 4. The molecule has 3 aromatic rings. The van der Waals surface area contributed by atoms with Crippen LogP contribution in [0.1, 0.15) is 59.4 Å². The van der Waals surface area contributed by atoms with E-state index in [1.165, 1.54) is 29.2 Å². The Morgan fingerprint density at radius 3 is 2.63 bits per heavy atom. The molecule has 46 heavy (non-hydrogen) atoms. The van der Waals surface area contributed by atoms with Crippen LogP contribution in [0, 0.1) is 17.7 Å². The standard InChI is InChI=1S/C35H35FN6O3S/c36-28-16-25(26(18-37)20-40-29-21-45-22-29)15-27(17-28)35(10-11-35)42-32(23-6-3-7-23)30-8-2-1-5-24(30)19-41-34(44)33(43)39-12-4-9-31-38-13-14-46-31/h1-2,5,8,13-18,20,29,42H,3,6-7,10-12,19,21-22,37H2,(H,39,43)(H,41,44)/b26-18+,40-20?. The Balaban J connectivity index is 1.17. The molecular formula is C35H35FN6O3S. The van der Waals surface area contributed by atoms with Crippen molar-refractivity contribution < 1.29 is 18.7 Å². The number of thiazole rings is 1. The maximum atomic E-state index is 15.1. The number of amides is 2. The quantitative estimate of drug-likeness (QED) is 0.151. The lowest BCUT2D eigenvalue weighted by Crippen LogP contribution is -2.40. The van der Waals surface area contributed by atoms with Gasteiger partial charge in [0.2, 0.25) is 0 Å². The molecule has 6 rings (SSSR count). The van der Waals surface area contributed by atoms with E-state index in [0.717, 1.165) is 54.5 Å². The molecule has 2 amide bonds. The number of nitrogens with zero attached hydrogens (tertiary/aromatic N) is 2. The lowest BCUT2D eigenvalue weighted by atomic mass is 9.86. The molecule has 1 saturated heterocycles. The highest BCUT2D eigenvalue weighted by Gasteiger charge is 2.46. The number of halogens is 1. The van der Waals surface area contributed by atoms with Crippen molar-refractivity contribution in [1.29, 1.82) is 0 Å². The van der Waals surface area contributed by atoms with Crippen LogP contribution in [0.25, 0.3) is 11.3 Å². The van der Waals surface area contributed by atoms with E-state index >= 15 is 4.39 Å². The van der Waals surface area contributed by atoms with Gasteiger partial charge in [-0.05, 0) is 78.5 Å². The first-order chi connectivity index (χ1) is 22.4. The van der Waals surface area contributed by atoms with Gasteiger partial charge in [-0.15, -0.1) is 11.3 Å². The first kappa shape index (κ1) is 31.2. The van der Waals surface area contributed by atoms with Crippen molar-refractivity contribution in [1.82, 2.24) is 20.9 Å². The van der Waals surface area contributed by atoms with Gasteiger partial charge in [-0.3, -0.25) is 14.6 Å². The molecule has 3 fully saturated rings. The lowest BCUT2D eigenvalue weighted by Gasteiger charge is -2.30. The molecule has 1 aromatic heterocycles. The molecule has 0 bridgehead atoms. The molecule has 0 unspecified atom stereocenters. The first-order valence-electron chi connectivity index (χ1n) is 15.3. The topological polar surface area (TPSA) is 131 Å². The van der Waals surface area contributed by atoms with Gasteiger partial charge < -0.3 is 26.4 Å². The van der Waals surface area contributed by atoms with Crippen molar-refractivity contribution in [3.63, 3.8) is 0 Å². The largest absolute Gasteiger partial charge is 0.404 e. The van der Waals surface area contributed by atoms with Gasteiger partial charge in [-0.2, -0.15) is 0 Å². The van der Waals surface area contributed by atoms with Crippen LogP contribution in [0.3, 0.4) is 0 Å². The van der Waals surface area contributed by atoms with Gasteiger partial charge in [0.15, 0.2) is 5.01 Å². The van der Waals surface area contributed by atoms with Crippen LogP contribution in [0.4, 0.5) is 4.39 Å².